The van der Waals surface area contributed by atoms with E-state index in [1.165, 1.54) is 151 Å². The summed E-state index contributed by atoms with van der Waals surface area (Å²) in [6, 6.07) is 104. The number of fused-ring (bicyclic) bond motifs is 6. The smallest absolute Gasteiger partial charge is 0.0544 e. The largest absolute Gasteiger partial charge is 0.310 e. The summed E-state index contributed by atoms with van der Waals surface area (Å²) >= 11 is 0. The summed E-state index contributed by atoms with van der Waals surface area (Å²) in [5.74, 6) is 0. The molecule has 3 nitrogen and oxygen atoms in total. The van der Waals surface area contributed by atoms with Crippen LogP contribution in [0.3, 0.4) is 0 Å². The zero-order valence-electron chi connectivity index (χ0n) is 58.3. The number of anilines is 9. The average molecular weight is 1260 g/mol. The molecule has 0 bridgehead atoms. The SMILES string of the molecule is Cc1cccc(N(c2ccc(-c3ccc4c(c3)C(C)(C)c3ccccc3-4)cc2)c2ccc(-c3cc4c5c(c3)C(C)(C)c3cc(-c6ccc(N(c7ccc(-c8ccc9c(c8)C(C)(C)c8ccccc8-9)cc7)c7cccc(C)c7)cc6)cc6c3N5c3c(cccc3C6(C)C)C4(C)C)cc2)c1. The Morgan fingerprint density at radius 3 is 0.827 bits per heavy atom. The Morgan fingerprint density at radius 1 is 0.204 bits per heavy atom. The fraction of sp³-hybridized carbons (Fsp3) is 0.179. The standard InChI is InChI=1S/C95H81N3/c1-58-20-17-22-72(50-58)96(68-40-30-60(31-41-68)64-38-48-76-74-24-13-15-26-78(74)91(3,4)82(76)52-64)70-44-34-62(35-45-70)66-54-84-89-86(56-66)95(11,12)87-57-67(55-85-90(87)98(89)88-80(93(84,7)8)28-19-29-81(88)94(85,9)10)63-36-46-71(47-37-63)97(73-23-18-21-59(2)51-73)69-42-32-61(33-43-69)65-39-49-77-75-25-14-16-27-79(75)92(5,6)83(77)53-65/h13-57H,1-12H3. The Labute approximate surface area is 579 Å². The highest BCUT2D eigenvalue weighted by atomic mass is 15.2. The fourth-order valence-electron chi connectivity index (χ4n) is 18.0. The van der Waals surface area contributed by atoms with Crippen molar-refractivity contribution in [2.24, 2.45) is 0 Å². The van der Waals surface area contributed by atoms with E-state index in [1.54, 1.807) is 0 Å². The summed E-state index contributed by atoms with van der Waals surface area (Å²) in [5, 5.41) is 0. The van der Waals surface area contributed by atoms with Gasteiger partial charge in [0.25, 0.3) is 0 Å². The van der Waals surface area contributed by atoms with Crippen LogP contribution in [-0.4, -0.2) is 0 Å². The van der Waals surface area contributed by atoms with E-state index in [0.29, 0.717) is 0 Å². The van der Waals surface area contributed by atoms with Crippen LogP contribution >= 0.6 is 0 Å². The maximum Gasteiger partial charge on any atom is 0.0544 e. The lowest BCUT2D eigenvalue weighted by molar-refractivity contribution is 0.567. The van der Waals surface area contributed by atoms with E-state index in [-0.39, 0.29) is 27.1 Å². The van der Waals surface area contributed by atoms with Crippen LogP contribution in [0.4, 0.5) is 51.2 Å². The van der Waals surface area contributed by atoms with Crippen LogP contribution in [0.25, 0.3) is 66.8 Å². The molecule has 13 aromatic rings. The van der Waals surface area contributed by atoms with Crippen molar-refractivity contribution >= 4 is 51.2 Å². The third-order valence-corrected chi connectivity index (χ3v) is 23.5. The van der Waals surface area contributed by atoms with Gasteiger partial charge in [0.05, 0.1) is 17.1 Å². The Bertz CT molecular complexity index is 5150. The molecule has 0 radical (unpaired) electrons. The van der Waals surface area contributed by atoms with Gasteiger partial charge >= 0.3 is 0 Å². The molecule has 0 N–H and O–H groups in total. The molecule has 0 amide bonds. The summed E-state index contributed by atoms with van der Waals surface area (Å²) in [4.78, 5) is 7.52. The van der Waals surface area contributed by atoms with Crippen LogP contribution in [0.2, 0.25) is 0 Å². The summed E-state index contributed by atoms with van der Waals surface area (Å²) in [5.41, 5.74) is 41.1. The van der Waals surface area contributed by atoms with Crippen LogP contribution in [0, 0.1) is 13.8 Å². The highest BCUT2D eigenvalue weighted by Crippen LogP contribution is 2.67. The van der Waals surface area contributed by atoms with E-state index >= 15 is 0 Å². The first-order valence-electron chi connectivity index (χ1n) is 35.1. The van der Waals surface area contributed by atoms with Gasteiger partial charge in [-0.25, -0.2) is 0 Å². The zero-order valence-corrected chi connectivity index (χ0v) is 58.3. The molecule has 476 valence electrons. The first-order chi connectivity index (χ1) is 47.2. The molecule has 5 aliphatic rings. The number of para-hydroxylation sites is 1. The molecular weight excluding hydrogens is 1180 g/mol. The quantitative estimate of drug-likeness (QED) is 0.135. The predicted octanol–water partition coefficient (Wildman–Crippen LogP) is 25.9. The molecule has 98 heavy (non-hydrogen) atoms. The number of rotatable bonds is 10. The van der Waals surface area contributed by atoms with Gasteiger partial charge in [0.15, 0.2) is 0 Å². The zero-order chi connectivity index (χ0) is 67.1. The maximum absolute atomic E-state index is 2.70. The van der Waals surface area contributed by atoms with Crippen molar-refractivity contribution in [2.45, 2.75) is 110 Å². The Balaban J connectivity index is 0.700. The third kappa shape index (κ3) is 8.73. The molecule has 0 saturated heterocycles. The van der Waals surface area contributed by atoms with Crippen molar-refractivity contribution in [1.29, 1.82) is 0 Å². The van der Waals surface area contributed by atoms with Crippen LogP contribution in [0.1, 0.15) is 136 Å². The van der Waals surface area contributed by atoms with Crippen molar-refractivity contribution in [1.82, 2.24) is 0 Å². The Hall–Kier alpha value is -10.7. The molecule has 2 aliphatic carbocycles. The summed E-state index contributed by atoms with van der Waals surface area (Å²) in [7, 11) is 0. The van der Waals surface area contributed by atoms with Gasteiger partial charge in [0, 0.05) is 61.2 Å². The van der Waals surface area contributed by atoms with Gasteiger partial charge in [-0.3, -0.25) is 0 Å². The molecule has 3 heteroatoms. The van der Waals surface area contributed by atoms with E-state index in [0.717, 1.165) is 34.1 Å². The molecule has 3 aliphatic heterocycles. The van der Waals surface area contributed by atoms with Crippen molar-refractivity contribution in [3.8, 4) is 66.8 Å². The van der Waals surface area contributed by atoms with Crippen LogP contribution in [0.5, 0.6) is 0 Å². The minimum Gasteiger partial charge on any atom is -0.310 e. The van der Waals surface area contributed by atoms with Gasteiger partial charge in [0.1, 0.15) is 0 Å². The topological polar surface area (TPSA) is 9.72 Å². The van der Waals surface area contributed by atoms with E-state index in [2.05, 4.69) is 371 Å². The Morgan fingerprint density at radius 2 is 0.469 bits per heavy atom. The normalized spacial score (nSPS) is 15.7. The number of benzene rings is 13. The Kier molecular flexibility index (Phi) is 12.9. The highest BCUT2D eigenvalue weighted by Gasteiger charge is 2.52. The van der Waals surface area contributed by atoms with Crippen molar-refractivity contribution in [3.63, 3.8) is 0 Å². The second-order valence-electron chi connectivity index (χ2n) is 31.2. The highest BCUT2D eigenvalue weighted by molar-refractivity contribution is 6.01. The van der Waals surface area contributed by atoms with Gasteiger partial charge in [-0.2, -0.15) is 0 Å². The van der Waals surface area contributed by atoms with Crippen LogP contribution in [-0.2, 0) is 27.1 Å². The molecule has 0 unspecified atom stereocenters. The van der Waals surface area contributed by atoms with E-state index in [9.17, 15) is 0 Å². The lowest BCUT2D eigenvalue weighted by Crippen LogP contribution is -2.43. The van der Waals surface area contributed by atoms with Gasteiger partial charge in [0.2, 0.25) is 0 Å². The third-order valence-electron chi connectivity index (χ3n) is 23.5. The fourth-order valence-corrected chi connectivity index (χ4v) is 18.0. The van der Waals surface area contributed by atoms with Gasteiger partial charge in [-0.15, -0.1) is 0 Å². The number of aryl methyl sites for hydroxylation is 2. The predicted molar refractivity (Wildman–Crippen MR) is 413 cm³/mol. The van der Waals surface area contributed by atoms with Crippen LogP contribution in [0.15, 0.2) is 273 Å². The molecular formula is C95H81N3. The second-order valence-corrected chi connectivity index (χ2v) is 31.2. The molecule has 18 rings (SSSR count). The second kappa shape index (κ2) is 21.1. The van der Waals surface area contributed by atoms with Gasteiger partial charge in [-0.1, -0.05) is 233 Å². The number of hydrogen-bond acceptors (Lipinski definition) is 3. The van der Waals surface area contributed by atoms with E-state index in [1.807, 2.05) is 0 Å². The molecule has 0 spiro atoms. The van der Waals surface area contributed by atoms with Crippen molar-refractivity contribution in [3.05, 3.63) is 340 Å². The monoisotopic (exact) mass is 1260 g/mol. The first-order valence-corrected chi connectivity index (χ1v) is 35.1. The molecule has 0 fully saturated rings. The number of hydrogen-bond donors (Lipinski definition) is 0. The van der Waals surface area contributed by atoms with E-state index in [4.69, 9.17) is 0 Å². The minimum absolute atomic E-state index is 0.0603. The molecule has 0 saturated carbocycles. The molecule has 0 atom stereocenters. The maximum atomic E-state index is 2.70. The summed E-state index contributed by atoms with van der Waals surface area (Å²) in [6.45, 7) is 28.6. The van der Waals surface area contributed by atoms with Crippen LogP contribution < -0.4 is 14.7 Å². The first kappa shape index (κ1) is 59.7. The lowest BCUT2D eigenvalue weighted by Gasteiger charge is -2.55. The van der Waals surface area contributed by atoms with Gasteiger partial charge < -0.3 is 14.7 Å². The van der Waals surface area contributed by atoms with Gasteiger partial charge in [-0.05, 0) is 257 Å². The van der Waals surface area contributed by atoms with Crippen molar-refractivity contribution in [2.75, 3.05) is 14.7 Å². The molecule has 0 aromatic heterocycles. The lowest BCUT2D eigenvalue weighted by atomic mass is 9.60. The molecule has 3 heterocycles. The summed E-state index contributed by atoms with van der Waals surface area (Å²) in [6.07, 6.45) is 0. The summed E-state index contributed by atoms with van der Waals surface area (Å²) < 4.78 is 0. The van der Waals surface area contributed by atoms with E-state index < -0.39 is 0 Å². The minimum atomic E-state index is -0.364. The average Bonchev–Trinajstić information content (AvgIpc) is 0.848. The van der Waals surface area contributed by atoms with Crippen molar-refractivity contribution < 1.29 is 0 Å². The molecule has 13 aromatic carbocycles. The number of nitrogens with zero attached hydrogens (tertiary/aromatic N) is 3.